The molecule has 1 amide bonds. The van der Waals surface area contributed by atoms with Gasteiger partial charge in [0.05, 0.1) is 12.8 Å². The van der Waals surface area contributed by atoms with Crippen molar-refractivity contribution < 1.29 is 14.3 Å². The number of rotatable bonds is 6. The van der Waals surface area contributed by atoms with Crippen LogP contribution < -0.4 is 10.1 Å². The third kappa shape index (κ3) is 3.90. The normalized spacial score (nSPS) is 9.76. The minimum atomic E-state index is -0.0619. The largest absolute Gasteiger partial charge is 0.495 e. The van der Waals surface area contributed by atoms with Crippen molar-refractivity contribution in [1.29, 1.82) is 0 Å². The zero-order valence-electron chi connectivity index (χ0n) is 10.2. The topological polar surface area (TPSA) is 55.4 Å². The van der Waals surface area contributed by atoms with E-state index in [1.54, 1.807) is 18.2 Å². The zero-order chi connectivity index (χ0) is 12.7. The highest BCUT2D eigenvalue weighted by Crippen LogP contribution is 2.25. The Hall–Kier alpha value is -1.84. The van der Waals surface area contributed by atoms with Crippen LogP contribution in [0.2, 0.25) is 0 Å². The molecule has 0 saturated heterocycles. The summed E-state index contributed by atoms with van der Waals surface area (Å²) in [7, 11) is 1.53. The van der Waals surface area contributed by atoms with Gasteiger partial charge in [-0.3, -0.25) is 9.59 Å². The molecule has 0 aliphatic carbocycles. The fourth-order valence-electron chi connectivity index (χ4n) is 1.45. The Morgan fingerprint density at radius 1 is 1.47 bits per heavy atom. The highest BCUT2D eigenvalue weighted by atomic mass is 16.5. The smallest absolute Gasteiger partial charge is 0.224 e. The van der Waals surface area contributed by atoms with E-state index in [1.165, 1.54) is 7.11 Å². The second-order valence-corrected chi connectivity index (χ2v) is 3.73. The number of methoxy groups -OCH3 is 1. The first-order valence-electron chi connectivity index (χ1n) is 5.64. The van der Waals surface area contributed by atoms with Gasteiger partial charge in [-0.25, -0.2) is 0 Å². The van der Waals surface area contributed by atoms with Gasteiger partial charge >= 0.3 is 0 Å². The maximum Gasteiger partial charge on any atom is 0.224 e. The molecule has 1 rings (SSSR count). The van der Waals surface area contributed by atoms with Crippen molar-refractivity contribution in [2.75, 3.05) is 12.4 Å². The molecule has 92 valence electrons. The van der Waals surface area contributed by atoms with E-state index in [-0.39, 0.29) is 5.91 Å². The number of carbonyl (C=O) groups is 2. The van der Waals surface area contributed by atoms with Gasteiger partial charge in [0.2, 0.25) is 5.91 Å². The highest BCUT2D eigenvalue weighted by molar-refractivity contribution is 5.93. The summed E-state index contributed by atoms with van der Waals surface area (Å²) in [5, 5.41) is 2.75. The van der Waals surface area contributed by atoms with E-state index in [9.17, 15) is 9.59 Å². The maximum absolute atomic E-state index is 11.6. The summed E-state index contributed by atoms with van der Waals surface area (Å²) in [6.45, 7) is 2.03. The van der Waals surface area contributed by atoms with Crippen molar-refractivity contribution in [3.8, 4) is 5.75 Å². The van der Waals surface area contributed by atoms with Gasteiger partial charge in [-0.15, -0.1) is 0 Å². The molecular weight excluding hydrogens is 218 g/mol. The van der Waals surface area contributed by atoms with Crippen molar-refractivity contribution in [3.05, 3.63) is 23.8 Å². The van der Waals surface area contributed by atoms with Gasteiger partial charge in [0.25, 0.3) is 0 Å². The van der Waals surface area contributed by atoms with Gasteiger partial charge in [0.15, 0.2) is 0 Å². The van der Waals surface area contributed by atoms with E-state index < -0.39 is 0 Å². The zero-order valence-corrected chi connectivity index (χ0v) is 10.2. The summed E-state index contributed by atoms with van der Waals surface area (Å²) in [5.74, 6) is 0.494. The molecule has 1 N–H and O–H groups in total. The summed E-state index contributed by atoms with van der Waals surface area (Å²) in [5.41, 5.74) is 1.05. The molecule has 4 heteroatoms. The van der Waals surface area contributed by atoms with Gasteiger partial charge < -0.3 is 10.1 Å². The molecule has 0 bridgehead atoms. The minimum absolute atomic E-state index is 0.0619. The second kappa shape index (κ2) is 6.68. The van der Waals surface area contributed by atoms with Crippen LogP contribution in [0.4, 0.5) is 5.69 Å². The number of benzene rings is 1. The van der Waals surface area contributed by atoms with Gasteiger partial charge in [0, 0.05) is 12.0 Å². The van der Waals surface area contributed by atoms with Crippen LogP contribution in [0.3, 0.4) is 0 Å². The lowest BCUT2D eigenvalue weighted by molar-refractivity contribution is -0.116. The molecule has 0 spiro atoms. The standard InChI is InChI=1S/C13H17NO3/c1-3-4-5-13(16)14-11-8-10(9-15)6-7-12(11)17-2/h6-9H,3-5H2,1-2H3,(H,14,16). The van der Waals surface area contributed by atoms with E-state index in [2.05, 4.69) is 5.32 Å². The molecule has 0 atom stereocenters. The first-order chi connectivity index (χ1) is 8.21. The number of amides is 1. The van der Waals surface area contributed by atoms with E-state index in [0.29, 0.717) is 23.4 Å². The van der Waals surface area contributed by atoms with Gasteiger partial charge in [-0.1, -0.05) is 13.3 Å². The lowest BCUT2D eigenvalue weighted by Gasteiger charge is -2.10. The predicted molar refractivity (Wildman–Crippen MR) is 66.5 cm³/mol. The van der Waals surface area contributed by atoms with Crippen LogP contribution in [0.5, 0.6) is 5.75 Å². The molecule has 4 nitrogen and oxygen atoms in total. The number of nitrogens with one attached hydrogen (secondary N) is 1. The Morgan fingerprint density at radius 3 is 2.82 bits per heavy atom. The Balaban J connectivity index is 2.80. The fourth-order valence-corrected chi connectivity index (χ4v) is 1.45. The lowest BCUT2D eigenvalue weighted by atomic mass is 10.2. The molecule has 0 heterocycles. The Bertz CT molecular complexity index is 402. The molecule has 0 aliphatic heterocycles. The lowest BCUT2D eigenvalue weighted by Crippen LogP contribution is -2.12. The van der Waals surface area contributed by atoms with Gasteiger partial charge in [-0.2, -0.15) is 0 Å². The van der Waals surface area contributed by atoms with Gasteiger partial charge in [0.1, 0.15) is 12.0 Å². The molecule has 0 fully saturated rings. The molecule has 0 radical (unpaired) electrons. The predicted octanol–water partition coefficient (Wildman–Crippen LogP) is 2.64. The molecule has 1 aromatic rings. The molecular formula is C13H17NO3. The van der Waals surface area contributed by atoms with Crippen LogP contribution in [0.25, 0.3) is 0 Å². The van der Waals surface area contributed by atoms with Crippen molar-refractivity contribution in [1.82, 2.24) is 0 Å². The monoisotopic (exact) mass is 235 g/mol. The van der Waals surface area contributed by atoms with E-state index in [0.717, 1.165) is 19.1 Å². The molecule has 0 aliphatic rings. The molecule has 0 saturated carbocycles. The number of carbonyl (C=O) groups excluding carboxylic acids is 2. The third-order valence-corrected chi connectivity index (χ3v) is 2.39. The van der Waals surface area contributed by atoms with Gasteiger partial charge in [-0.05, 0) is 24.6 Å². The van der Waals surface area contributed by atoms with E-state index >= 15 is 0 Å². The SMILES string of the molecule is CCCCC(=O)Nc1cc(C=O)ccc1OC. The first-order valence-corrected chi connectivity index (χ1v) is 5.64. The number of anilines is 1. The Morgan fingerprint density at radius 2 is 2.24 bits per heavy atom. The van der Waals surface area contributed by atoms with Crippen molar-refractivity contribution in [2.45, 2.75) is 26.2 Å². The average Bonchev–Trinajstić information content (AvgIpc) is 2.36. The van der Waals surface area contributed by atoms with Crippen LogP contribution in [0.1, 0.15) is 36.5 Å². The number of unbranched alkanes of at least 4 members (excludes halogenated alkanes) is 1. The second-order valence-electron chi connectivity index (χ2n) is 3.73. The number of ether oxygens (including phenoxy) is 1. The highest BCUT2D eigenvalue weighted by Gasteiger charge is 2.07. The maximum atomic E-state index is 11.6. The summed E-state index contributed by atoms with van der Waals surface area (Å²) in [6, 6.07) is 4.92. The van der Waals surface area contributed by atoms with Crippen molar-refractivity contribution in [3.63, 3.8) is 0 Å². The number of hydrogen-bond acceptors (Lipinski definition) is 3. The van der Waals surface area contributed by atoms with Crippen molar-refractivity contribution >= 4 is 17.9 Å². The summed E-state index contributed by atoms with van der Waals surface area (Å²) >= 11 is 0. The molecule has 17 heavy (non-hydrogen) atoms. The summed E-state index contributed by atoms with van der Waals surface area (Å²) in [6.07, 6.45) is 3.03. The Kier molecular flexibility index (Phi) is 5.20. The number of hydrogen-bond donors (Lipinski definition) is 1. The summed E-state index contributed by atoms with van der Waals surface area (Å²) in [4.78, 5) is 22.2. The first kappa shape index (κ1) is 13.2. The average molecular weight is 235 g/mol. The minimum Gasteiger partial charge on any atom is -0.495 e. The van der Waals surface area contributed by atoms with Crippen LogP contribution in [0.15, 0.2) is 18.2 Å². The molecule has 1 aromatic carbocycles. The van der Waals surface area contributed by atoms with E-state index in [4.69, 9.17) is 4.74 Å². The molecule has 0 unspecified atom stereocenters. The molecule has 0 aromatic heterocycles. The number of aldehydes is 1. The quantitative estimate of drug-likeness (QED) is 0.771. The van der Waals surface area contributed by atoms with Crippen LogP contribution in [-0.2, 0) is 4.79 Å². The fraction of sp³-hybridized carbons (Fsp3) is 0.385. The van der Waals surface area contributed by atoms with E-state index in [1.807, 2.05) is 6.92 Å². The summed E-state index contributed by atoms with van der Waals surface area (Å²) < 4.78 is 5.12. The van der Waals surface area contributed by atoms with Crippen LogP contribution in [-0.4, -0.2) is 19.3 Å². The Labute approximate surface area is 101 Å². The van der Waals surface area contributed by atoms with Crippen molar-refractivity contribution in [2.24, 2.45) is 0 Å². The van der Waals surface area contributed by atoms with Crippen LogP contribution in [0, 0.1) is 0 Å². The van der Waals surface area contributed by atoms with Crippen LogP contribution >= 0.6 is 0 Å². The third-order valence-electron chi connectivity index (χ3n) is 2.39.